The van der Waals surface area contributed by atoms with Crippen LogP contribution < -0.4 is 10.1 Å². The third kappa shape index (κ3) is 5.03. The van der Waals surface area contributed by atoms with Crippen molar-refractivity contribution >= 4 is 0 Å². The molecule has 1 aromatic carbocycles. The van der Waals surface area contributed by atoms with Gasteiger partial charge in [0, 0.05) is 6.04 Å². The van der Waals surface area contributed by atoms with Crippen molar-refractivity contribution in [3.63, 3.8) is 0 Å². The number of rotatable bonds is 9. The molecule has 0 aliphatic heterocycles. The highest BCUT2D eigenvalue weighted by molar-refractivity contribution is 5.39. The molecule has 0 saturated carbocycles. The molecule has 1 aliphatic carbocycles. The number of hydrogen-bond acceptors (Lipinski definition) is 2. The van der Waals surface area contributed by atoms with E-state index in [0.29, 0.717) is 6.04 Å². The minimum Gasteiger partial charge on any atom is -0.497 e. The standard InChI is InChI=1S/C19H31NO/c1-3-4-5-6-7-8-14-20-19-11-9-10-16-15-17(21-2)12-13-18(16)19/h12-13,15,19-20H,3-11,14H2,1-2H3. The molecule has 21 heavy (non-hydrogen) atoms. The minimum absolute atomic E-state index is 0.551. The molecule has 0 aromatic heterocycles. The van der Waals surface area contributed by atoms with Gasteiger partial charge in [-0.15, -0.1) is 0 Å². The van der Waals surface area contributed by atoms with Crippen LogP contribution in [0, 0.1) is 0 Å². The summed E-state index contributed by atoms with van der Waals surface area (Å²) in [6.07, 6.45) is 12.0. The molecule has 1 unspecified atom stereocenters. The van der Waals surface area contributed by atoms with Gasteiger partial charge in [0.2, 0.25) is 0 Å². The average molecular weight is 289 g/mol. The van der Waals surface area contributed by atoms with Crippen LogP contribution in [0.3, 0.4) is 0 Å². The lowest BCUT2D eigenvalue weighted by atomic mass is 9.87. The van der Waals surface area contributed by atoms with E-state index >= 15 is 0 Å². The number of benzene rings is 1. The Morgan fingerprint density at radius 3 is 2.76 bits per heavy atom. The molecule has 1 aromatic rings. The Balaban J connectivity index is 1.75. The largest absolute Gasteiger partial charge is 0.497 e. The maximum Gasteiger partial charge on any atom is 0.119 e. The number of methoxy groups -OCH3 is 1. The maximum absolute atomic E-state index is 5.34. The van der Waals surface area contributed by atoms with Gasteiger partial charge >= 0.3 is 0 Å². The van der Waals surface area contributed by atoms with Crippen molar-refractivity contribution in [1.29, 1.82) is 0 Å². The summed E-state index contributed by atoms with van der Waals surface area (Å²) in [7, 11) is 1.75. The number of aryl methyl sites for hydroxylation is 1. The van der Waals surface area contributed by atoms with Gasteiger partial charge in [-0.1, -0.05) is 45.1 Å². The molecule has 0 heterocycles. The molecule has 1 atom stereocenters. The second kappa shape index (κ2) is 9.09. The van der Waals surface area contributed by atoms with E-state index in [1.165, 1.54) is 68.9 Å². The number of ether oxygens (including phenoxy) is 1. The van der Waals surface area contributed by atoms with Crippen LogP contribution in [0.5, 0.6) is 5.75 Å². The van der Waals surface area contributed by atoms with Gasteiger partial charge in [-0.2, -0.15) is 0 Å². The predicted molar refractivity (Wildman–Crippen MR) is 90.1 cm³/mol. The lowest BCUT2D eigenvalue weighted by molar-refractivity contribution is 0.410. The lowest BCUT2D eigenvalue weighted by Gasteiger charge is -2.27. The van der Waals surface area contributed by atoms with Crippen LogP contribution in [0.4, 0.5) is 0 Å². The molecular formula is C19H31NO. The number of unbranched alkanes of at least 4 members (excludes halogenated alkanes) is 5. The van der Waals surface area contributed by atoms with Crippen molar-refractivity contribution in [2.45, 2.75) is 70.8 Å². The highest BCUT2D eigenvalue weighted by Crippen LogP contribution is 2.32. The van der Waals surface area contributed by atoms with Crippen LogP contribution >= 0.6 is 0 Å². The zero-order chi connectivity index (χ0) is 14.9. The van der Waals surface area contributed by atoms with E-state index < -0.39 is 0 Å². The summed E-state index contributed by atoms with van der Waals surface area (Å²) in [5, 5.41) is 3.77. The first-order chi connectivity index (χ1) is 10.3. The first kappa shape index (κ1) is 16.4. The Morgan fingerprint density at radius 2 is 1.95 bits per heavy atom. The quantitative estimate of drug-likeness (QED) is 0.644. The molecule has 0 amide bonds. The average Bonchev–Trinajstić information content (AvgIpc) is 2.53. The van der Waals surface area contributed by atoms with E-state index in [-0.39, 0.29) is 0 Å². The van der Waals surface area contributed by atoms with Gasteiger partial charge in [-0.3, -0.25) is 0 Å². The smallest absolute Gasteiger partial charge is 0.119 e. The van der Waals surface area contributed by atoms with Gasteiger partial charge in [0.1, 0.15) is 5.75 Å². The Bertz CT molecular complexity index is 416. The normalized spacial score (nSPS) is 17.5. The van der Waals surface area contributed by atoms with Gasteiger partial charge in [-0.25, -0.2) is 0 Å². The minimum atomic E-state index is 0.551. The van der Waals surface area contributed by atoms with Crippen LogP contribution in [0.25, 0.3) is 0 Å². The van der Waals surface area contributed by atoms with Crippen molar-refractivity contribution < 1.29 is 4.74 Å². The Hall–Kier alpha value is -1.02. The molecule has 0 spiro atoms. The zero-order valence-corrected chi connectivity index (χ0v) is 13.8. The summed E-state index contributed by atoms with van der Waals surface area (Å²) in [5.41, 5.74) is 2.97. The summed E-state index contributed by atoms with van der Waals surface area (Å²) in [6, 6.07) is 7.12. The van der Waals surface area contributed by atoms with Crippen LogP contribution in [-0.2, 0) is 6.42 Å². The van der Waals surface area contributed by atoms with Crippen LogP contribution in [0.1, 0.15) is 75.5 Å². The number of hydrogen-bond donors (Lipinski definition) is 1. The Kier molecular flexibility index (Phi) is 7.08. The third-order valence-corrected chi connectivity index (χ3v) is 4.59. The first-order valence-corrected chi connectivity index (χ1v) is 8.75. The van der Waals surface area contributed by atoms with E-state index in [1.54, 1.807) is 7.11 Å². The second-order valence-corrected chi connectivity index (χ2v) is 6.23. The number of nitrogens with one attached hydrogen (secondary N) is 1. The zero-order valence-electron chi connectivity index (χ0n) is 13.8. The Morgan fingerprint density at radius 1 is 1.14 bits per heavy atom. The molecule has 2 rings (SSSR count). The van der Waals surface area contributed by atoms with E-state index in [4.69, 9.17) is 4.74 Å². The molecule has 2 heteroatoms. The summed E-state index contributed by atoms with van der Waals surface area (Å²) in [4.78, 5) is 0. The summed E-state index contributed by atoms with van der Waals surface area (Å²) >= 11 is 0. The molecule has 1 aliphatic rings. The van der Waals surface area contributed by atoms with Crippen molar-refractivity contribution in [2.24, 2.45) is 0 Å². The van der Waals surface area contributed by atoms with E-state index in [9.17, 15) is 0 Å². The van der Waals surface area contributed by atoms with Gasteiger partial charge in [0.15, 0.2) is 0 Å². The molecule has 0 fully saturated rings. The highest BCUT2D eigenvalue weighted by atomic mass is 16.5. The van der Waals surface area contributed by atoms with Crippen molar-refractivity contribution in [1.82, 2.24) is 5.32 Å². The fraction of sp³-hybridized carbons (Fsp3) is 0.684. The summed E-state index contributed by atoms with van der Waals surface area (Å²) < 4.78 is 5.34. The molecule has 1 N–H and O–H groups in total. The fourth-order valence-electron chi connectivity index (χ4n) is 3.31. The topological polar surface area (TPSA) is 21.3 Å². The Labute approximate surface area is 130 Å². The monoisotopic (exact) mass is 289 g/mol. The molecular weight excluding hydrogens is 258 g/mol. The predicted octanol–water partition coefficient (Wildman–Crippen LogP) is 5.02. The third-order valence-electron chi connectivity index (χ3n) is 4.59. The van der Waals surface area contributed by atoms with Crippen LogP contribution in [0.2, 0.25) is 0 Å². The van der Waals surface area contributed by atoms with Gasteiger partial charge in [-0.05, 0) is 55.5 Å². The first-order valence-electron chi connectivity index (χ1n) is 8.75. The molecule has 0 radical (unpaired) electrons. The van der Waals surface area contributed by atoms with Crippen LogP contribution in [-0.4, -0.2) is 13.7 Å². The van der Waals surface area contributed by atoms with Crippen molar-refractivity contribution in [3.05, 3.63) is 29.3 Å². The summed E-state index contributed by atoms with van der Waals surface area (Å²) in [6.45, 7) is 3.43. The van der Waals surface area contributed by atoms with E-state index in [2.05, 4.69) is 30.4 Å². The van der Waals surface area contributed by atoms with E-state index in [0.717, 1.165) is 12.3 Å². The molecule has 2 nitrogen and oxygen atoms in total. The van der Waals surface area contributed by atoms with Gasteiger partial charge in [0.25, 0.3) is 0 Å². The van der Waals surface area contributed by atoms with Gasteiger partial charge in [0.05, 0.1) is 7.11 Å². The number of fused-ring (bicyclic) bond motifs is 1. The van der Waals surface area contributed by atoms with Crippen LogP contribution in [0.15, 0.2) is 18.2 Å². The second-order valence-electron chi connectivity index (χ2n) is 6.23. The maximum atomic E-state index is 5.34. The lowest BCUT2D eigenvalue weighted by Crippen LogP contribution is -2.26. The SMILES string of the molecule is CCCCCCCCNC1CCCc2cc(OC)ccc21. The molecule has 0 bridgehead atoms. The highest BCUT2D eigenvalue weighted by Gasteiger charge is 2.19. The molecule has 0 saturated heterocycles. The van der Waals surface area contributed by atoms with Crippen molar-refractivity contribution in [3.8, 4) is 5.75 Å². The van der Waals surface area contributed by atoms with Crippen molar-refractivity contribution in [2.75, 3.05) is 13.7 Å². The fourth-order valence-corrected chi connectivity index (χ4v) is 3.31. The van der Waals surface area contributed by atoms with Gasteiger partial charge < -0.3 is 10.1 Å². The molecule has 118 valence electrons. The summed E-state index contributed by atoms with van der Waals surface area (Å²) in [5.74, 6) is 0.991. The van der Waals surface area contributed by atoms with E-state index in [1.807, 2.05) is 0 Å².